The third-order valence-corrected chi connectivity index (χ3v) is 5.79. The van der Waals surface area contributed by atoms with E-state index in [0.29, 0.717) is 0 Å². The molecule has 2 fully saturated rings. The molecule has 1 aromatic carbocycles. The average Bonchev–Trinajstić information content (AvgIpc) is 2.81. The van der Waals surface area contributed by atoms with Gasteiger partial charge in [0.2, 0.25) is 0 Å². The number of guanidine groups is 1. The first kappa shape index (κ1) is 22.8. The van der Waals surface area contributed by atoms with E-state index in [1.54, 1.807) is 0 Å². The van der Waals surface area contributed by atoms with Gasteiger partial charge in [0.25, 0.3) is 0 Å². The standard InChI is InChI=1S/C23H40N6O/c1-2-24-23(26-11-7-13-28-18-20-30-21-19-28)25-10-6-12-27-14-16-29(17-15-27)22-8-4-3-5-9-22/h3-5,8-9H,2,6-7,10-21H2,1H3,(H2,24,25,26). The van der Waals surface area contributed by atoms with Crippen LogP contribution in [0.25, 0.3) is 0 Å². The lowest BCUT2D eigenvalue weighted by molar-refractivity contribution is 0.0377. The molecular weight excluding hydrogens is 376 g/mol. The van der Waals surface area contributed by atoms with Crippen LogP contribution in [0.2, 0.25) is 0 Å². The number of morpholine rings is 1. The van der Waals surface area contributed by atoms with Crippen molar-refractivity contribution in [3.8, 4) is 0 Å². The van der Waals surface area contributed by atoms with Crippen molar-refractivity contribution in [2.75, 3.05) is 90.1 Å². The molecule has 0 bridgehead atoms. The van der Waals surface area contributed by atoms with Crippen LogP contribution in [0.4, 0.5) is 5.69 Å². The summed E-state index contributed by atoms with van der Waals surface area (Å²) in [6, 6.07) is 10.8. The molecule has 2 aliphatic rings. The Bertz CT molecular complexity index is 597. The van der Waals surface area contributed by atoms with E-state index >= 15 is 0 Å². The van der Waals surface area contributed by atoms with Crippen LogP contribution in [0, 0.1) is 0 Å². The van der Waals surface area contributed by atoms with E-state index in [1.165, 1.54) is 5.69 Å². The molecule has 3 rings (SSSR count). The molecule has 168 valence electrons. The highest BCUT2D eigenvalue weighted by Gasteiger charge is 2.16. The number of nitrogens with zero attached hydrogens (tertiary/aromatic N) is 4. The number of para-hydroxylation sites is 1. The number of ether oxygens (including phenoxy) is 1. The largest absolute Gasteiger partial charge is 0.379 e. The summed E-state index contributed by atoms with van der Waals surface area (Å²) in [6.07, 6.45) is 2.24. The Labute approximate surface area is 182 Å². The number of benzene rings is 1. The Morgan fingerprint density at radius 1 is 0.900 bits per heavy atom. The number of nitrogens with one attached hydrogen (secondary N) is 2. The van der Waals surface area contributed by atoms with E-state index < -0.39 is 0 Å². The van der Waals surface area contributed by atoms with Gasteiger partial charge in [-0.15, -0.1) is 0 Å². The van der Waals surface area contributed by atoms with E-state index in [-0.39, 0.29) is 0 Å². The van der Waals surface area contributed by atoms with Crippen LogP contribution >= 0.6 is 0 Å². The fourth-order valence-electron chi connectivity index (χ4n) is 4.03. The minimum Gasteiger partial charge on any atom is -0.379 e. The average molecular weight is 417 g/mol. The van der Waals surface area contributed by atoms with Crippen molar-refractivity contribution >= 4 is 11.6 Å². The molecule has 30 heavy (non-hydrogen) atoms. The second kappa shape index (κ2) is 13.5. The molecule has 7 heteroatoms. The quantitative estimate of drug-likeness (QED) is 0.342. The summed E-state index contributed by atoms with van der Waals surface area (Å²) in [6.45, 7) is 15.5. The summed E-state index contributed by atoms with van der Waals surface area (Å²) in [5, 5.41) is 6.87. The Morgan fingerprint density at radius 3 is 2.33 bits per heavy atom. The minimum absolute atomic E-state index is 0.869. The smallest absolute Gasteiger partial charge is 0.191 e. The zero-order valence-corrected chi connectivity index (χ0v) is 18.7. The number of aliphatic imine (C=N–C) groups is 1. The van der Waals surface area contributed by atoms with Crippen LogP contribution in [-0.4, -0.2) is 101 Å². The minimum atomic E-state index is 0.869. The zero-order chi connectivity index (χ0) is 20.9. The number of rotatable bonds is 10. The maximum absolute atomic E-state index is 5.41. The third kappa shape index (κ3) is 8.13. The molecule has 7 nitrogen and oxygen atoms in total. The van der Waals surface area contributed by atoms with E-state index in [4.69, 9.17) is 9.73 Å². The van der Waals surface area contributed by atoms with Crippen molar-refractivity contribution in [3.63, 3.8) is 0 Å². The first-order chi connectivity index (χ1) is 14.8. The molecule has 0 radical (unpaired) electrons. The Balaban J connectivity index is 1.27. The molecule has 0 aromatic heterocycles. The number of hydrogen-bond donors (Lipinski definition) is 2. The van der Waals surface area contributed by atoms with Crippen LogP contribution in [0.3, 0.4) is 0 Å². The predicted molar refractivity (Wildman–Crippen MR) is 126 cm³/mol. The van der Waals surface area contributed by atoms with Crippen LogP contribution < -0.4 is 15.5 Å². The molecule has 0 atom stereocenters. The molecule has 0 saturated carbocycles. The zero-order valence-electron chi connectivity index (χ0n) is 18.7. The number of anilines is 1. The van der Waals surface area contributed by atoms with Gasteiger partial charge in [0.15, 0.2) is 5.96 Å². The van der Waals surface area contributed by atoms with Gasteiger partial charge in [-0.05, 0) is 38.4 Å². The van der Waals surface area contributed by atoms with Crippen LogP contribution in [0.5, 0.6) is 0 Å². The van der Waals surface area contributed by atoms with E-state index in [1.807, 2.05) is 0 Å². The van der Waals surface area contributed by atoms with Crippen molar-refractivity contribution in [3.05, 3.63) is 30.3 Å². The molecule has 2 N–H and O–H groups in total. The summed E-state index contributed by atoms with van der Waals surface area (Å²) in [7, 11) is 0. The Morgan fingerprint density at radius 2 is 1.60 bits per heavy atom. The fourth-order valence-corrected chi connectivity index (χ4v) is 4.03. The highest BCUT2D eigenvalue weighted by molar-refractivity contribution is 5.79. The molecule has 0 amide bonds. The van der Waals surface area contributed by atoms with Crippen LogP contribution in [-0.2, 0) is 4.74 Å². The summed E-state index contributed by atoms with van der Waals surface area (Å²) >= 11 is 0. The molecule has 2 aliphatic heterocycles. The lowest BCUT2D eigenvalue weighted by Gasteiger charge is -2.36. The number of piperazine rings is 1. The molecule has 0 aliphatic carbocycles. The van der Waals surface area contributed by atoms with Gasteiger partial charge in [0.1, 0.15) is 0 Å². The molecular formula is C23H40N6O. The normalized spacial score (nSPS) is 19.1. The SMILES string of the molecule is CCNC(=NCCCN1CCOCC1)NCCCN1CCN(c2ccccc2)CC1. The van der Waals surface area contributed by atoms with Crippen molar-refractivity contribution in [2.24, 2.45) is 4.99 Å². The Hall–Kier alpha value is -1.83. The van der Waals surface area contributed by atoms with Crippen molar-refractivity contribution in [2.45, 2.75) is 19.8 Å². The first-order valence-corrected chi connectivity index (χ1v) is 11.7. The lowest BCUT2D eigenvalue weighted by Crippen LogP contribution is -2.47. The predicted octanol–water partition coefficient (Wildman–Crippen LogP) is 1.48. The summed E-state index contributed by atoms with van der Waals surface area (Å²) in [5.74, 6) is 0.952. The maximum atomic E-state index is 5.41. The highest BCUT2D eigenvalue weighted by Crippen LogP contribution is 2.15. The van der Waals surface area contributed by atoms with Gasteiger partial charge in [0.05, 0.1) is 13.2 Å². The van der Waals surface area contributed by atoms with E-state index in [2.05, 4.69) is 62.6 Å². The molecule has 2 heterocycles. The van der Waals surface area contributed by atoms with Gasteiger partial charge in [-0.3, -0.25) is 14.8 Å². The van der Waals surface area contributed by atoms with Gasteiger partial charge < -0.3 is 20.3 Å². The van der Waals surface area contributed by atoms with Crippen molar-refractivity contribution in [1.29, 1.82) is 0 Å². The van der Waals surface area contributed by atoms with Gasteiger partial charge in [-0.2, -0.15) is 0 Å². The summed E-state index contributed by atoms with van der Waals surface area (Å²) in [5.41, 5.74) is 1.35. The van der Waals surface area contributed by atoms with Gasteiger partial charge in [-0.1, -0.05) is 18.2 Å². The summed E-state index contributed by atoms with van der Waals surface area (Å²) < 4.78 is 5.41. The second-order valence-corrected chi connectivity index (χ2v) is 8.01. The lowest BCUT2D eigenvalue weighted by atomic mass is 10.2. The number of hydrogen-bond acceptors (Lipinski definition) is 5. The molecule has 1 aromatic rings. The van der Waals surface area contributed by atoms with Gasteiger partial charge in [0, 0.05) is 71.1 Å². The monoisotopic (exact) mass is 416 g/mol. The van der Waals surface area contributed by atoms with Crippen LogP contribution in [0.15, 0.2) is 35.3 Å². The van der Waals surface area contributed by atoms with Gasteiger partial charge >= 0.3 is 0 Å². The topological polar surface area (TPSA) is 55.4 Å². The van der Waals surface area contributed by atoms with E-state index in [9.17, 15) is 0 Å². The third-order valence-electron chi connectivity index (χ3n) is 5.79. The second-order valence-electron chi connectivity index (χ2n) is 8.01. The van der Waals surface area contributed by atoms with Crippen molar-refractivity contribution in [1.82, 2.24) is 20.4 Å². The molecule has 0 spiro atoms. The Kier molecular flexibility index (Phi) is 10.3. The fraction of sp³-hybridized carbons (Fsp3) is 0.696. The van der Waals surface area contributed by atoms with Gasteiger partial charge in [-0.25, -0.2) is 0 Å². The first-order valence-electron chi connectivity index (χ1n) is 11.7. The summed E-state index contributed by atoms with van der Waals surface area (Å²) in [4.78, 5) is 12.3. The maximum Gasteiger partial charge on any atom is 0.191 e. The molecule has 2 saturated heterocycles. The van der Waals surface area contributed by atoms with Crippen molar-refractivity contribution < 1.29 is 4.74 Å². The highest BCUT2D eigenvalue weighted by atomic mass is 16.5. The van der Waals surface area contributed by atoms with E-state index in [0.717, 1.165) is 104 Å². The van der Waals surface area contributed by atoms with Crippen LogP contribution in [0.1, 0.15) is 19.8 Å². The molecule has 0 unspecified atom stereocenters.